The molecule has 1 aliphatic rings. The van der Waals surface area contributed by atoms with Crippen molar-refractivity contribution in [2.75, 3.05) is 0 Å². The Labute approximate surface area is 147 Å². The van der Waals surface area contributed by atoms with Crippen molar-refractivity contribution in [1.29, 1.82) is 0 Å². The second-order valence-electron chi connectivity index (χ2n) is 6.95. The van der Waals surface area contributed by atoms with Crippen LogP contribution in [0.3, 0.4) is 0 Å². The summed E-state index contributed by atoms with van der Waals surface area (Å²) in [6, 6.07) is 12.2. The van der Waals surface area contributed by atoms with Crippen molar-refractivity contribution in [2.45, 2.75) is 46.2 Å². The number of hydrogen-bond donors (Lipinski definition) is 1. The molecule has 0 fully saturated rings. The second kappa shape index (κ2) is 6.36. The van der Waals surface area contributed by atoms with Crippen LogP contribution in [0.25, 0.3) is 11.0 Å². The highest BCUT2D eigenvalue weighted by Crippen LogP contribution is 2.23. The monoisotopic (exact) mass is 333 g/mol. The third-order valence-electron chi connectivity index (χ3n) is 5.07. The lowest BCUT2D eigenvalue weighted by Crippen LogP contribution is -2.23. The minimum Gasteiger partial charge on any atom is -0.348 e. The van der Waals surface area contributed by atoms with Gasteiger partial charge in [0.05, 0.1) is 11.0 Å². The number of amides is 1. The number of aryl methyl sites for hydroxylation is 4. The summed E-state index contributed by atoms with van der Waals surface area (Å²) >= 11 is 0. The number of carbonyl (C=O) groups is 1. The Balaban J connectivity index is 1.55. The van der Waals surface area contributed by atoms with Crippen LogP contribution < -0.4 is 5.32 Å². The van der Waals surface area contributed by atoms with Crippen molar-refractivity contribution >= 4 is 16.9 Å². The number of fused-ring (bicyclic) bond motifs is 3. The summed E-state index contributed by atoms with van der Waals surface area (Å²) in [4.78, 5) is 17.3. The number of hydrogen-bond acceptors (Lipinski definition) is 2. The van der Waals surface area contributed by atoms with Gasteiger partial charge in [-0.2, -0.15) is 0 Å². The van der Waals surface area contributed by atoms with E-state index in [1.54, 1.807) is 0 Å². The standard InChI is InChI=1S/C21H23N3O/c1-14-6-7-15(2)17(11-14)13-22-21(25)16-8-9-19-18(12-16)23-20-5-3-4-10-24(19)20/h6-9,11-12H,3-5,10,13H2,1-2H3,(H,22,25). The average molecular weight is 333 g/mol. The zero-order chi connectivity index (χ0) is 17.4. The minimum atomic E-state index is -0.0474. The van der Waals surface area contributed by atoms with Gasteiger partial charge in [0.1, 0.15) is 5.82 Å². The molecule has 25 heavy (non-hydrogen) atoms. The lowest BCUT2D eigenvalue weighted by atomic mass is 10.1. The maximum Gasteiger partial charge on any atom is 0.251 e. The van der Waals surface area contributed by atoms with Crippen LogP contribution in [0.5, 0.6) is 0 Å². The van der Waals surface area contributed by atoms with Gasteiger partial charge in [0.2, 0.25) is 0 Å². The van der Waals surface area contributed by atoms with Gasteiger partial charge < -0.3 is 9.88 Å². The third-order valence-corrected chi connectivity index (χ3v) is 5.07. The van der Waals surface area contributed by atoms with Gasteiger partial charge in [-0.25, -0.2) is 4.98 Å². The fourth-order valence-electron chi connectivity index (χ4n) is 3.58. The zero-order valence-electron chi connectivity index (χ0n) is 14.8. The van der Waals surface area contributed by atoms with Gasteiger partial charge in [-0.15, -0.1) is 0 Å². The molecular weight excluding hydrogens is 310 g/mol. The van der Waals surface area contributed by atoms with Crippen LogP contribution in [0.1, 0.15) is 45.7 Å². The van der Waals surface area contributed by atoms with Crippen molar-refractivity contribution in [3.05, 3.63) is 64.5 Å². The van der Waals surface area contributed by atoms with E-state index in [9.17, 15) is 4.79 Å². The Morgan fingerprint density at radius 1 is 1.16 bits per heavy atom. The smallest absolute Gasteiger partial charge is 0.251 e. The molecule has 1 aliphatic heterocycles. The van der Waals surface area contributed by atoms with Crippen LogP contribution >= 0.6 is 0 Å². The van der Waals surface area contributed by atoms with Gasteiger partial charge in [-0.05, 0) is 56.0 Å². The van der Waals surface area contributed by atoms with E-state index in [4.69, 9.17) is 4.98 Å². The van der Waals surface area contributed by atoms with Crippen molar-refractivity contribution in [3.63, 3.8) is 0 Å². The van der Waals surface area contributed by atoms with Gasteiger partial charge in [0.25, 0.3) is 5.91 Å². The maximum absolute atomic E-state index is 12.6. The lowest BCUT2D eigenvalue weighted by Gasteiger charge is -2.13. The molecular formula is C21H23N3O. The molecule has 0 saturated carbocycles. The van der Waals surface area contributed by atoms with E-state index in [0.29, 0.717) is 12.1 Å². The second-order valence-corrected chi connectivity index (χ2v) is 6.95. The number of aromatic nitrogens is 2. The molecule has 4 nitrogen and oxygen atoms in total. The first-order valence-corrected chi connectivity index (χ1v) is 8.95. The number of carbonyl (C=O) groups excluding carboxylic acids is 1. The minimum absolute atomic E-state index is 0.0474. The number of nitrogens with zero attached hydrogens (tertiary/aromatic N) is 2. The van der Waals surface area contributed by atoms with Crippen molar-refractivity contribution in [2.24, 2.45) is 0 Å². The molecule has 4 heteroatoms. The molecule has 0 aliphatic carbocycles. The number of nitrogens with one attached hydrogen (secondary N) is 1. The number of rotatable bonds is 3. The van der Waals surface area contributed by atoms with E-state index in [-0.39, 0.29) is 5.91 Å². The molecule has 0 spiro atoms. The molecule has 2 heterocycles. The Morgan fingerprint density at radius 2 is 2.04 bits per heavy atom. The van der Waals surface area contributed by atoms with Crippen LogP contribution in [0.4, 0.5) is 0 Å². The topological polar surface area (TPSA) is 46.9 Å². The molecule has 1 N–H and O–H groups in total. The first-order valence-electron chi connectivity index (χ1n) is 8.95. The SMILES string of the molecule is Cc1ccc(C)c(CNC(=O)c2ccc3c(c2)nc2n3CCCC2)c1. The molecule has 0 bridgehead atoms. The first kappa shape index (κ1) is 15.9. The molecule has 128 valence electrons. The summed E-state index contributed by atoms with van der Waals surface area (Å²) < 4.78 is 2.29. The summed E-state index contributed by atoms with van der Waals surface area (Å²) in [7, 11) is 0. The third kappa shape index (κ3) is 3.04. The van der Waals surface area contributed by atoms with Crippen LogP contribution in [-0.2, 0) is 19.5 Å². The van der Waals surface area contributed by atoms with Crippen molar-refractivity contribution in [1.82, 2.24) is 14.9 Å². The van der Waals surface area contributed by atoms with Crippen LogP contribution in [-0.4, -0.2) is 15.5 Å². The molecule has 0 unspecified atom stereocenters. The van der Waals surface area contributed by atoms with Crippen molar-refractivity contribution in [3.8, 4) is 0 Å². The summed E-state index contributed by atoms with van der Waals surface area (Å²) in [6.07, 6.45) is 3.44. The normalized spacial score (nSPS) is 13.7. The van der Waals surface area contributed by atoms with Gasteiger partial charge in [0.15, 0.2) is 0 Å². The van der Waals surface area contributed by atoms with Gasteiger partial charge in [0, 0.05) is 25.1 Å². The first-order chi connectivity index (χ1) is 12.1. The zero-order valence-corrected chi connectivity index (χ0v) is 14.8. The molecule has 1 aromatic heterocycles. The highest BCUT2D eigenvalue weighted by atomic mass is 16.1. The van der Waals surface area contributed by atoms with E-state index in [0.717, 1.165) is 35.4 Å². The van der Waals surface area contributed by atoms with Gasteiger partial charge in [-0.3, -0.25) is 4.79 Å². The Bertz CT molecular complexity index is 955. The molecule has 0 radical (unpaired) electrons. The van der Waals surface area contributed by atoms with Gasteiger partial charge in [-0.1, -0.05) is 23.8 Å². The Hall–Kier alpha value is -2.62. The molecule has 1 amide bonds. The summed E-state index contributed by atoms with van der Waals surface area (Å²) in [5.41, 5.74) is 6.31. The number of imidazole rings is 1. The predicted molar refractivity (Wildman–Crippen MR) is 99.8 cm³/mol. The fourth-order valence-corrected chi connectivity index (χ4v) is 3.58. The summed E-state index contributed by atoms with van der Waals surface area (Å²) in [5, 5.41) is 3.04. The Kier molecular flexibility index (Phi) is 4.04. The van der Waals surface area contributed by atoms with E-state index >= 15 is 0 Å². The predicted octanol–water partition coefficient (Wildman–Crippen LogP) is 3.92. The van der Waals surface area contributed by atoms with E-state index in [1.165, 1.54) is 24.0 Å². The quantitative estimate of drug-likeness (QED) is 0.790. The maximum atomic E-state index is 12.6. The van der Waals surface area contributed by atoms with Gasteiger partial charge >= 0.3 is 0 Å². The molecule has 3 aromatic rings. The van der Waals surface area contributed by atoms with E-state index in [1.807, 2.05) is 18.2 Å². The Morgan fingerprint density at radius 3 is 2.92 bits per heavy atom. The highest BCUT2D eigenvalue weighted by Gasteiger charge is 2.16. The van der Waals surface area contributed by atoms with E-state index < -0.39 is 0 Å². The fraction of sp³-hybridized carbons (Fsp3) is 0.333. The van der Waals surface area contributed by atoms with Crippen LogP contribution in [0.2, 0.25) is 0 Å². The molecule has 2 aromatic carbocycles. The number of benzene rings is 2. The van der Waals surface area contributed by atoms with E-state index in [2.05, 4.69) is 41.9 Å². The summed E-state index contributed by atoms with van der Waals surface area (Å²) in [6.45, 7) is 5.72. The van der Waals surface area contributed by atoms with Crippen LogP contribution in [0, 0.1) is 13.8 Å². The largest absolute Gasteiger partial charge is 0.348 e. The molecule has 0 saturated heterocycles. The van der Waals surface area contributed by atoms with Crippen molar-refractivity contribution < 1.29 is 4.79 Å². The lowest BCUT2D eigenvalue weighted by molar-refractivity contribution is 0.0951. The van der Waals surface area contributed by atoms with Crippen LogP contribution in [0.15, 0.2) is 36.4 Å². The highest BCUT2D eigenvalue weighted by molar-refractivity contribution is 5.97. The average Bonchev–Trinajstić information content (AvgIpc) is 3.00. The molecule has 4 rings (SSSR count). The molecule has 0 atom stereocenters. The summed E-state index contributed by atoms with van der Waals surface area (Å²) in [5.74, 6) is 1.10.